The summed E-state index contributed by atoms with van der Waals surface area (Å²) in [4.78, 5) is 12.4. The average Bonchev–Trinajstić information content (AvgIpc) is 3.47. The van der Waals surface area contributed by atoms with Gasteiger partial charge in [0.2, 0.25) is 0 Å². The van der Waals surface area contributed by atoms with E-state index in [0.29, 0.717) is 12.6 Å². The average molecular weight is 556 g/mol. The van der Waals surface area contributed by atoms with Crippen LogP contribution < -0.4 is 20.1 Å². The van der Waals surface area contributed by atoms with E-state index in [-0.39, 0.29) is 24.0 Å². The Bertz CT molecular complexity index is 970. The number of fused-ring (bicyclic) bond motifs is 1. The van der Waals surface area contributed by atoms with Crippen molar-refractivity contribution >= 4 is 46.2 Å². The lowest BCUT2D eigenvalue weighted by Gasteiger charge is -2.19. The topological polar surface area (TPSA) is 75.4 Å². The predicted molar refractivity (Wildman–Crippen MR) is 135 cm³/mol. The highest BCUT2D eigenvalue weighted by Crippen LogP contribution is 2.24. The number of aliphatic imine (C=N–C) groups is 1. The van der Waals surface area contributed by atoms with Gasteiger partial charge in [0.25, 0.3) is 0 Å². The second-order valence-electron chi connectivity index (χ2n) is 7.34. The van der Waals surface area contributed by atoms with E-state index >= 15 is 0 Å². The minimum atomic E-state index is 0. The third-order valence-corrected chi connectivity index (χ3v) is 6.01. The SMILES string of the molecule is CN=C(NCc1cn2ccsc2n1)NC1CCN(Cc2cc(OC)cc(OC)c2)C1.I. The fourth-order valence-corrected chi connectivity index (χ4v) is 4.45. The lowest BCUT2D eigenvalue weighted by molar-refractivity contribution is 0.321. The van der Waals surface area contributed by atoms with Gasteiger partial charge in [-0.1, -0.05) is 0 Å². The quantitative estimate of drug-likeness (QED) is 0.265. The van der Waals surface area contributed by atoms with Gasteiger partial charge in [-0.15, -0.1) is 35.3 Å². The van der Waals surface area contributed by atoms with Crippen LogP contribution in [0.5, 0.6) is 11.5 Å². The van der Waals surface area contributed by atoms with Gasteiger partial charge in [0.15, 0.2) is 10.9 Å². The van der Waals surface area contributed by atoms with Crippen LogP contribution in [0.1, 0.15) is 17.7 Å². The third kappa shape index (κ3) is 6.01. The van der Waals surface area contributed by atoms with E-state index in [4.69, 9.17) is 9.47 Å². The Morgan fingerprint density at radius 1 is 1.26 bits per heavy atom. The second kappa shape index (κ2) is 11.0. The Balaban J connectivity index is 0.00000272. The van der Waals surface area contributed by atoms with E-state index in [1.54, 1.807) is 32.6 Å². The monoisotopic (exact) mass is 556 g/mol. The van der Waals surface area contributed by atoms with Crippen LogP contribution in [0.2, 0.25) is 0 Å². The molecule has 4 rings (SSSR count). The van der Waals surface area contributed by atoms with Crippen LogP contribution in [0.3, 0.4) is 0 Å². The highest BCUT2D eigenvalue weighted by molar-refractivity contribution is 14.0. The van der Waals surface area contributed by atoms with Crippen molar-refractivity contribution in [1.82, 2.24) is 24.9 Å². The van der Waals surface area contributed by atoms with Crippen molar-refractivity contribution in [1.29, 1.82) is 0 Å². The molecule has 0 amide bonds. The molecule has 1 unspecified atom stereocenters. The molecule has 0 aliphatic carbocycles. The van der Waals surface area contributed by atoms with Gasteiger partial charge in [-0.2, -0.15) is 0 Å². The van der Waals surface area contributed by atoms with Crippen molar-refractivity contribution in [3.8, 4) is 11.5 Å². The van der Waals surface area contributed by atoms with Gasteiger partial charge >= 0.3 is 0 Å². The molecule has 168 valence electrons. The number of rotatable bonds is 7. The molecule has 3 heterocycles. The molecule has 10 heteroatoms. The normalized spacial score (nSPS) is 16.9. The molecule has 0 spiro atoms. The number of guanidine groups is 1. The van der Waals surface area contributed by atoms with E-state index in [2.05, 4.69) is 37.6 Å². The Hall–Kier alpha value is -2.05. The minimum Gasteiger partial charge on any atom is -0.497 e. The van der Waals surface area contributed by atoms with Crippen molar-refractivity contribution in [2.24, 2.45) is 4.99 Å². The molecular formula is C21H29IN6O2S. The molecule has 1 aliphatic heterocycles. The lowest BCUT2D eigenvalue weighted by atomic mass is 10.2. The summed E-state index contributed by atoms with van der Waals surface area (Å²) in [6.45, 7) is 3.50. The summed E-state index contributed by atoms with van der Waals surface area (Å²) in [7, 11) is 5.16. The van der Waals surface area contributed by atoms with Crippen molar-refractivity contribution < 1.29 is 9.47 Å². The largest absolute Gasteiger partial charge is 0.497 e. The maximum Gasteiger partial charge on any atom is 0.193 e. The Morgan fingerprint density at radius 3 is 2.71 bits per heavy atom. The van der Waals surface area contributed by atoms with Gasteiger partial charge in [-0.25, -0.2) is 4.98 Å². The van der Waals surface area contributed by atoms with Crippen LogP contribution in [0.25, 0.3) is 4.96 Å². The number of nitrogens with one attached hydrogen (secondary N) is 2. The molecule has 1 aliphatic rings. The molecule has 8 nitrogen and oxygen atoms in total. The molecule has 31 heavy (non-hydrogen) atoms. The Kier molecular flexibility index (Phi) is 8.38. The van der Waals surface area contributed by atoms with E-state index < -0.39 is 0 Å². The maximum absolute atomic E-state index is 5.39. The number of nitrogens with zero attached hydrogens (tertiary/aromatic N) is 4. The maximum atomic E-state index is 5.39. The number of hydrogen-bond donors (Lipinski definition) is 2. The number of imidazole rings is 1. The fourth-order valence-electron chi connectivity index (χ4n) is 3.73. The molecule has 2 aromatic heterocycles. The number of halogens is 1. The van der Waals surface area contributed by atoms with Gasteiger partial charge in [0.1, 0.15) is 11.5 Å². The summed E-state index contributed by atoms with van der Waals surface area (Å²) in [5, 5.41) is 8.95. The zero-order valence-corrected chi connectivity index (χ0v) is 21.1. The molecular weight excluding hydrogens is 527 g/mol. The van der Waals surface area contributed by atoms with Gasteiger partial charge in [-0.05, 0) is 24.1 Å². The van der Waals surface area contributed by atoms with Crippen LogP contribution in [0, 0.1) is 0 Å². The Morgan fingerprint density at radius 2 is 2.03 bits per heavy atom. The number of benzene rings is 1. The number of aromatic nitrogens is 2. The molecule has 3 aromatic rings. The van der Waals surface area contributed by atoms with Gasteiger partial charge in [0.05, 0.1) is 26.5 Å². The van der Waals surface area contributed by atoms with Crippen LogP contribution in [0.15, 0.2) is 41.0 Å². The second-order valence-corrected chi connectivity index (χ2v) is 8.21. The van der Waals surface area contributed by atoms with Crippen molar-refractivity contribution in [3.63, 3.8) is 0 Å². The van der Waals surface area contributed by atoms with E-state index in [1.165, 1.54) is 5.56 Å². The molecule has 0 radical (unpaired) electrons. The van der Waals surface area contributed by atoms with E-state index in [9.17, 15) is 0 Å². The number of likely N-dealkylation sites (tertiary alicyclic amines) is 1. The van der Waals surface area contributed by atoms with Gasteiger partial charge in [0, 0.05) is 56.6 Å². The van der Waals surface area contributed by atoms with Crippen molar-refractivity contribution in [2.75, 3.05) is 34.4 Å². The highest BCUT2D eigenvalue weighted by Gasteiger charge is 2.23. The summed E-state index contributed by atoms with van der Waals surface area (Å²) < 4.78 is 12.8. The summed E-state index contributed by atoms with van der Waals surface area (Å²) in [6.07, 6.45) is 5.14. The van der Waals surface area contributed by atoms with Crippen LogP contribution in [-0.2, 0) is 13.1 Å². The number of ether oxygens (including phenoxy) is 2. The number of methoxy groups -OCH3 is 2. The summed E-state index contributed by atoms with van der Waals surface area (Å²) >= 11 is 1.64. The van der Waals surface area contributed by atoms with E-state index in [0.717, 1.165) is 54.2 Å². The smallest absolute Gasteiger partial charge is 0.193 e. The zero-order chi connectivity index (χ0) is 20.9. The molecule has 2 N–H and O–H groups in total. The van der Waals surface area contributed by atoms with Crippen LogP contribution >= 0.6 is 35.3 Å². The summed E-state index contributed by atoms with van der Waals surface area (Å²) in [5.41, 5.74) is 2.19. The van der Waals surface area contributed by atoms with Crippen molar-refractivity contribution in [2.45, 2.75) is 25.6 Å². The summed E-state index contributed by atoms with van der Waals surface area (Å²) in [5.74, 6) is 2.45. The Labute approximate surface area is 203 Å². The third-order valence-electron chi connectivity index (χ3n) is 5.23. The molecule has 1 atom stereocenters. The molecule has 1 fully saturated rings. The first kappa shape index (κ1) is 23.6. The van der Waals surface area contributed by atoms with E-state index in [1.807, 2.05) is 28.2 Å². The standard InChI is InChI=1S/C21H28N6O2S.HI/c1-22-20(23-11-17-14-27-6-7-30-21(27)25-17)24-16-4-5-26(13-16)12-15-8-18(28-2)10-19(9-15)29-3;/h6-10,14,16H,4-5,11-13H2,1-3H3,(H2,22,23,24);1H. The molecule has 1 saturated heterocycles. The van der Waals surface area contributed by atoms with Crippen LogP contribution in [-0.4, -0.2) is 60.6 Å². The molecule has 1 aromatic carbocycles. The first-order valence-corrected chi connectivity index (χ1v) is 10.9. The zero-order valence-electron chi connectivity index (χ0n) is 18.0. The number of thiazole rings is 1. The molecule has 0 bridgehead atoms. The first-order chi connectivity index (χ1) is 14.7. The fraction of sp³-hybridized carbons (Fsp3) is 0.429. The highest BCUT2D eigenvalue weighted by atomic mass is 127. The van der Waals surface area contributed by atoms with Crippen molar-refractivity contribution in [3.05, 3.63) is 47.2 Å². The molecule has 0 saturated carbocycles. The lowest BCUT2D eigenvalue weighted by Crippen LogP contribution is -2.44. The van der Waals surface area contributed by atoms with Gasteiger partial charge in [-0.3, -0.25) is 14.3 Å². The minimum absolute atomic E-state index is 0. The number of hydrogen-bond acceptors (Lipinski definition) is 6. The predicted octanol–water partition coefficient (Wildman–Crippen LogP) is 2.97. The summed E-state index contributed by atoms with van der Waals surface area (Å²) in [6, 6.07) is 6.39. The van der Waals surface area contributed by atoms with Crippen LogP contribution in [0.4, 0.5) is 0 Å². The first-order valence-electron chi connectivity index (χ1n) is 9.99. The van der Waals surface area contributed by atoms with Gasteiger partial charge < -0.3 is 20.1 Å².